The molecule has 20 heavy (non-hydrogen) atoms. The van der Waals surface area contributed by atoms with Gasteiger partial charge in [-0.25, -0.2) is 0 Å². The van der Waals surface area contributed by atoms with E-state index in [4.69, 9.17) is 0 Å². The molecule has 2 spiro atoms. The molecular formula is C20H34. The largest absolute Gasteiger partial charge is 0.0676 e. The Balaban J connectivity index is 1.97. The van der Waals surface area contributed by atoms with Crippen molar-refractivity contribution < 1.29 is 0 Å². The molecule has 0 saturated heterocycles. The monoisotopic (exact) mass is 274 g/mol. The first-order valence-corrected chi connectivity index (χ1v) is 9.37. The number of rotatable bonds is 0. The zero-order valence-corrected chi connectivity index (χ0v) is 13.9. The first-order chi connectivity index (χ1) is 9.69. The van der Waals surface area contributed by atoms with Crippen LogP contribution >= 0.6 is 0 Å². The van der Waals surface area contributed by atoms with E-state index in [9.17, 15) is 0 Å². The van der Waals surface area contributed by atoms with Crippen LogP contribution in [-0.4, -0.2) is 0 Å². The highest BCUT2D eigenvalue weighted by molar-refractivity contribution is 5.27. The SMILES string of the molecule is C/C1=C(\C)C2(CCCCCCC13CCCC3)CCCC2. The molecule has 0 radical (unpaired) electrons. The normalized spacial score (nSPS) is 33.9. The fourth-order valence-electron chi connectivity index (χ4n) is 5.80. The molecule has 0 heterocycles. The van der Waals surface area contributed by atoms with Crippen molar-refractivity contribution in [1.29, 1.82) is 0 Å². The fourth-order valence-corrected chi connectivity index (χ4v) is 5.80. The Morgan fingerprint density at radius 1 is 0.450 bits per heavy atom. The third-order valence-electron chi connectivity index (χ3n) is 7.34. The van der Waals surface area contributed by atoms with Crippen molar-refractivity contribution >= 4 is 0 Å². The minimum absolute atomic E-state index is 0.622. The molecule has 0 N–H and O–H groups in total. The van der Waals surface area contributed by atoms with Crippen molar-refractivity contribution in [2.45, 2.75) is 104 Å². The Kier molecular flexibility index (Phi) is 4.29. The van der Waals surface area contributed by atoms with Gasteiger partial charge in [0.25, 0.3) is 0 Å². The van der Waals surface area contributed by atoms with Gasteiger partial charge in [0.15, 0.2) is 0 Å². The second-order valence-electron chi connectivity index (χ2n) is 8.14. The summed E-state index contributed by atoms with van der Waals surface area (Å²) < 4.78 is 0. The zero-order valence-electron chi connectivity index (χ0n) is 13.9. The van der Waals surface area contributed by atoms with Crippen LogP contribution in [0.25, 0.3) is 0 Å². The highest BCUT2D eigenvalue weighted by atomic mass is 14.5. The molecule has 0 nitrogen and oxygen atoms in total. The average molecular weight is 274 g/mol. The van der Waals surface area contributed by atoms with Crippen LogP contribution in [0.2, 0.25) is 0 Å². The lowest BCUT2D eigenvalue weighted by molar-refractivity contribution is 0.268. The first kappa shape index (κ1) is 14.7. The van der Waals surface area contributed by atoms with Gasteiger partial charge in [0.05, 0.1) is 0 Å². The van der Waals surface area contributed by atoms with Gasteiger partial charge in [-0.2, -0.15) is 0 Å². The molecule has 0 aromatic rings. The lowest BCUT2D eigenvalue weighted by Gasteiger charge is -2.40. The third-order valence-corrected chi connectivity index (χ3v) is 7.34. The molecule has 3 aliphatic rings. The van der Waals surface area contributed by atoms with Crippen LogP contribution < -0.4 is 0 Å². The van der Waals surface area contributed by atoms with E-state index in [0.717, 1.165) is 0 Å². The van der Waals surface area contributed by atoms with Gasteiger partial charge >= 0.3 is 0 Å². The van der Waals surface area contributed by atoms with Gasteiger partial charge in [-0.3, -0.25) is 0 Å². The van der Waals surface area contributed by atoms with E-state index >= 15 is 0 Å². The van der Waals surface area contributed by atoms with E-state index in [-0.39, 0.29) is 0 Å². The summed E-state index contributed by atoms with van der Waals surface area (Å²) in [7, 11) is 0. The number of hydrogen-bond donors (Lipinski definition) is 0. The molecule has 0 heteroatoms. The quantitative estimate of drug-likeness (QED) is 0.426. The molecule has 114 valence electrons. The molecule has 0 amide bonds. The van der Waals surface area contributed by atoms with Crippen LogP contribution in [-0.2, 0) is 0 Å². The smallest absolute Gasteiger partial charge is 0.00881 e. The van der Waals surface area contributed by atoms with Crippen molar-refractivity contribution in [3.63, 3.8) is 0 Å². The molecule has 2 saturated carbocycles. The maximum Gasteiger partial charge on any atom is -0.00881 e. The van der Waals surface area contributed by atoms with Gasteiger partial charge in [0.1, 0.15) is 0 Å². The molecule has 2 fully saturated rings. The van der Waals surface area contributed by atoms with Crippen LogP contribution in [0, 0.1) is 10.8 Å². The molecule has 0 bridgehead atoms. The van der Waals surface area contributed by atoms with Crippen molar-refractivity contribution in [2.75, 3.05) is 0 Å². The van der Waals surface area contributed by atoms with Crippen molar-refractivity contribution in [3.8, 4) is 0 Å². The van der Waals surface area contributed by atoms with Gasteiger partial charge in [-0.05, 0) is 63.2 Å². The van der Waals surface area contributed by atoms with Crippen LogP contribution in [0.3, 0.4) is 0 Å². The standard InChI is InChI=1S/C20H34/c1-17-18(2)20(15-9-10-16-20)12-6-4-3-5-11-19(17)13-7-8-14-19/h3-16H2,1-2H3/b18-17-. The summed E-state index contributed by atoms with van der Waals surface area (Å²) in [4.78, 5) is 0. The van der Waals surface area contributed by atoms with Crippen molar-refractivity contribution in [3.05, 3.63) is 11.1 Å². The molecule has 3 rings (SSSR count). The van der Waals surface area contributed by atoms with Crippen molar-refractivity contribution in [2.24, 2.45) is 10.8 Å². The van der Waals surface area contributed by atoms with Crippen LogP contribution in [0.4, 0.5) is 0 Å². The lowest BCUT2D eigenvalue weighted by Crippen LogP contribution is -2.26. The summed E-state index contributed by atoms with van der Waals surface area (Å²) in [6, 6.07) is 0. The summed E-state index contributed by atoms with van der Waals surface area (Å²) in [6.45, 7) is 5.06. The first-order valence-electron chi connectivity index (χ1n) is 9.37. The fraction of sp³-hybridized carbons (Fsp3) is 0.900. The molecule has 0 aromatic heterocycles. The molecular weight excluding hydrogens is 240 g/mol. The van der Waals surface area contributed by atoms with E-state index in [1.54, 1.807) is 0 Å². The molecule has 0 aliphatic heterocycles. The minimum Gasteiger partial charge on any atom is -0.0676 e. The molecule has 0 aromatic carbocycles. The second-order valence-corrected chi connectivity index (χ2v) is 8.14. The van der Waals surface area contributed by atoms with Gasteiger partial charge in [0, 0.05) is 0 Å². The lowest BCUT2D eigenvalue weighted by atomic mass is 9.65. The summed E-state index contributed by atoms with van der Waals surface area (Å²) in [6.07, 6.45) is 20.8. The van der Waals surface area contributed by atoms with Gasteiger partial charge in [-0.15, -0.1) is 0 Å². The zero-order chi connectivity index (χ0) is 14.1. The minimum atomic E-state index is 0.622. The maximum atomic E-state index is 2.53. The highest BCUT2D eigenvalue weighted by Crippen LogP contribution is 2.55. The Morgan fingerprint density at radius 3 is 1.00 bits per heavy atom. The van der Waals surface area contributed by atoms with E-state index in [0.29, 0.717) is 10.8 Å². The van der Waals surface area contributed by atoms with E-state index < -0.39 is 0 Å². The Morgan fingerprint density at radius 2 is 0.700 bits per heavy atom. The summed E-state index contributed by atoms with van der Waals surface area (Å²) in [5.41, 5.74) is 4.94. The van der Waals surface area contributed by atoms with Crippen LogP contribution in [0.15, 0.2) is 11.1 Å². The average Bonchev–Trinajstić information content (AvgIpc) is 3.11. The predicted molar refractivity (Wildman–Crippen MR) is 87.9 cm³/mol. The predicted octanol–water partition coefficient (Wildman–Crippen LogP) is 6.80. The summed E-state index contributed by atoms with van der Waals surface area (Å²) >= 11 is 0. The summed E-state index contributed by atoms with van der Waals surface area (Å²) in [5, 5.41) is 0. The topological polar surface area (TPSA) is 0 Å². The molecule has 3 aliphatic carbocycles. The van der Waals surface area contributed by atoms with Crippen LogP contribution in [0.5, 0.6) is 0 Å². The third kappa shape index (κ3) is 2.48. The van der Waals surface area contributed by atoms with E-state index in [1.165, 1.54) is 89.9 Å². The molecule has 0 unspecified atom stereocenters. The Labute approximate surface area is 126 Å². The van der Waals surface area contributed by atoms with Crippen LogP contribution in [0.1, 0.15) is 104 Å². The van der Waals surface area contributed by atoms with Gasteiger partial charge in [0.2, 0.25) is 0 Å². The maximum absolute atomic E-state index is 2.53. The number of allylic oxidation sites excluding steroid dienone is 2. The Hall–Kier alpha value is -0.260. The second kappa shape index (κ2) is 5.85. The van der Waals surface area contributed by atoms with E-state index in [2.05, 4.69) is 13.8 Å². The number of hydrogen-bond acceptors (Lipinski definition) is 0. The highest BCUT2D eigenvalue weighted by Gasteiger charge is 2.41. The summed E-state index contributed by atoms with van der Waals surface area (Å²) in [5.74, 6) is 0. The van der Waals surface area contributed by atoms with Gasteiger partial charge in [-0.1, -0.05) is 62.5 Å². The molecule has 0 atom stereocenters. The van der Waals surface area contributed by atoms with Crippen molar-refractivity contribution in [1.82, 2.24) is 0 Å². The van der Waals surface area contributed by atoms with E-state index in [1.807, 2.05) is 11.1 Å². The van der Waals surface area contributed by atoms with Gasteiger partial charge < -0.3 is 0 Å². The Bertz CT molecular complexity index is 325.